The number of sulfonamides is 1. The molecule has 9 heteroatoms. The zero-order valence-electron chi connectivity index (χ0n) is 15.5. The van der Waals surface area contributed by atoms with Crippen LogP contribution in [0.5, 0.6) is 0 Å². The summed E-state index contributed by atoms with van der Waals surface area (Å²) in [4.78, 5) is 23.9. The number of halogens is 1. The van der Waals surface area contributed by atoms with E-state index in [2.05, 4.69) is 10.0 Å². The lowest BCUT2D eigenvalue weighted by Crippen LogP contribution is -2.21. The van der Waals surface area contributed by atoms with Gasteiger partial charge in [0.05, 0.1) is 10.5 Å². The van der Waals surface area contributed by atoms with Gasteiger partial charge in [-0.15, -0.1) is 0 Å². The highest BCUT2D eigenvalue weighted by molar-refractivity contribution is 7.92. The standard InChI is InChI=1S/C21H17FN2O5S/c22-16-9-11-18(12-10-16)24-30(27,28)19-8-4-5-15(13-19)21(26)29-14-20(25)23-17-6-2-1-3-7-17/h1-13,24H,14H2,(H,23,25). The first kappa shape index (κ1) is 21.0. The monoisotopic (exact) mass is 428 g/mol. The molecule has 0 saturated heterocycles. The smallest absolute Gasteiger partial charge is 0.338 e. The van der Waals surface area contributed by atoms with Gasteiger partial charge in [0, 0.05) is 11.4 Å². The number of nitrogens with one attached hydrogen (secondary N) is 2. The first-order valence-corrected chi connectivity index (χ1v) is 10.2. The summed E-state index contributed by atoms with van der Waals surface area (Å²) in [6, 6.07) is 18.6. The van der Waals surface area contributed by atoms with E-state index in [4.69, 9.17) is 4.74 Å². The lowest BCUT2D eigenvalue weighted by atomic mass is 10.2. The number of anilines is 2. The average molecular weight is 428 g/mol. The molecule has 0 aromatic heterocycles. The van der Waals surface area contributed by atoms with Crippen molar-refractivity contribution in [2.45, 2.75) is 4.90 Å². The van der Waals surface area contributed by atoms with Crippen LogP contribution < -0.4 is 10.0 Å². The summed E-state index contributed by atoms with van der Waals surface area (Å²) in [6.07, 6.45) is 0. The molecule has 0 fully saturated rings. The lowest BCUT2D eigenvalue weighted by Gasteiger charge is -2.10. The summed E-state index contributed by atoms with van der Waals surface area (Å²) in [5, 5.41) is 2.57. The van der Waals surface area contributed by atoms with Gasteiger partial charge in [-0.1, -0.05) is 24.3 Å². The topological polar surface area (TPSA) is 102 Å². The van der Waals surface area contributed by atoms with E-state index in [0.29, 0.717) is 5.69 Å². The number of amides is 1. The number of ether oxygens (including phenoxy) is 1. The Balaban J connectivity index is 1.64. The zero-order chi connectivity index (χ0) is 21.6. The second kappa shape index (κ2) is 9.19. The van der Waals surface area contributed by atoms with Crippen LogP contribution in [-0.4, -0.2) is 26.9 Å². The third kappa shape index (κ3) is 5.65. The summed E-state index contributed by atoms with van der Waals surface area (Å²) in [6.45, 7) is -0.529. The molecule has 0 bridgehead atoms. The number of rotatable bonds is 7. The van der Waals surface area contributed by atoms with Crippen molar-refractivity contribution >= 4 is 33.3 Å². The summed E-state index contributed by atoms with van der Waals surface area (Å²) < 4.78 is 45.2. The molecule has 3 rings (SSSR count). The third-order valence-electron chi connectivity index (χ3n) is 3.87. The molecular weight excluding hydrogens is 411 g/mol. The van der Waals surface area contributed by atoms with E-state index in [9.17, 15) is 22.4 Å². The van der Waals surface area contributed by atoms with Crippen LogP contribution in [0.15, 0.2) is 83.8 Å². The Hall–Kier alpha value is -3.72. The summed E-state index contributed by atoms with van der Waals surface area (Å²) in [7, 11) is -4.01. The molecule has 7 nitrogen and oxygen atoms in total. The van der Waals surface area contributed by atoms with E-state index < -0.39 is 34.3 Å². The zero-order valence-corrected chi connectivity index (χ0v) is 16.4. The molecular formula is C21H17FN2O5S. The highest BCUT2D eigenvalue weighted by Gasteiger charge is 2.18. The van der Waals surface area contributed by atoms with Crippen molar-refractivity contribution in [2.75, 3.05) is 16.6 Å². The summed E-state index contributed by atoms with van der Waals surface area (Å²) in [5.41, 5.74) is 0.685. The van der Waals surface area contributed by atoms with E-state index in [0.717, 1.165) is 18.2 Å². The maximum Gasteiger partial charge on any atom is 0.338 e. The van der Waals surface area contributed by atoms with Gasteiger partial charge in [0.25, 0.3) is 15.9 Å². The van der Waals surface area contributed by atoms with Gasteiger partial charge in [0.2, 0.25) is 0 Å². The van der Waals surface area contributed by atoms with Gasteiger partial charge in [0.15, 0.2) is 6.61 Å². The van der Waals surface area contributed by atoms with Crippen molar-refractivity contribution in [1.82, 2.24) is 0 Å². The maximum absolute atomic E-state index is 13.0. The molecule has 154 valence electrons. The van der Waals surface area contributed by atoms with E-state index in [1.807, 2.05) is 0 Å². The number of carbonyl (C=O) groups is 2. The second-order valence-corrected chi connectivity index (χ2v) is 7.81. The highest BCUT2D eigenvalue weighted by atomic mass is 32.2. The third-order valence-corrected chi connectivity index (χ3v) is 5.25. The van der Waals surface area contributed by atoms with E-state index >= 15 is 0 Å². The van der Waals surface area contributed by atoms with Crippen molar-refractivity contribution in [3.05, 3.63) is 90.2 Å². The molecule has 30 heavy (non-hydrogen) atoms. The maximum atomic E-state index is 13.0. The Morgan fingerprint density at radius 2 is 1.57 bits per heavy atom. The van der Waals surface area contributed by atoms with E-state index in [-0.39, 0.29) is 16.1 Å². The fraction of sp³-hybridized carbons (Fsp3) is 0.0476. The Labute approximate surface area is 172 Å². The number of hydrogen-bond donors (Lipinski definition) is 2. The minimum atomic E-state index is -4.01. The Bertz CT molecular complexity index is 1150. The molecule has 0 unspecified atom stereocenters. The minimum Gasteiger partial charge on any atom is -0.452 e. The fourth-order valence-electron chi connectivity index (χ4n) is 2.46. The molecule has 0 aliphatic rings. The van der Waals surface area contributed by atoms with Crippen molar-refractivity contribution in [2.24, 2.45) is 0 Å². The van der Waals surface area contributed by atoms with Crippen LogP contribution in [0.2, 0.25) is 0 Å². The fourth-order valence-corrected chi connectivity index (χ4v) is 3.56. The van der Waals surface area contributed by atoms with Crippen LogP contribution in [0.4, 0.5) is 15.8 Å². The highest BCUT2D eigenvalue weighted by Crippen LogP contribution is 2.18. The number of hydrogen-bond acceptors (Lipinski definition) is 5. The molecule has 0 saturated carbocycles. The number of benzene rings is 3. The van der Waals surface area contributed by atoms with Crippen molar-refractivity contribution in [3.63, 3.8) is 0 Å². The molecule has 0 radical (unpaired) electrons. The molecule has 2 N–H and O–H groups in total. The van der Waals surface area contributed by atoms with Gasteiger partial charge in [-0.2, -0.15) is 0 Å². The molecule has 0 heterocycles. The van der Waals surface area contributed by atoms with Crippen LogP contribution in [0.1, 0.15) is 10.4 Å². The predicted molar refractivity (Wildman–Crippen MR) is 109 cm³/mol. The van der Waals surface area contributed by atoms with Crippen LogP contribution in [-0.2, 0) is 19.6 Å². The largest absolute Gasteiger partial charge is 0.452 e. The SMILES string of the molecule is O=C(COC(=O)c1cccc(S(=O)(=O)Nc2ccc(F)cc2)c1)Nc1ccccc1. The molecule has 3 aromatic rings. The average Bonchev–Trinajstić information content (AvgIpc) is 2.74. The Kier molecular flexibility index (Phi) is 6.43. The van der Waals surface area contributed by atoms with E-state index in [1.54, 1.807) is 30.3 Å². The van der Waals surface area contributed by atoms with Crippen molar-refractivity contribution in [3.8, 4) is 0 Å². The van der Waals surface area contributed by atoms with Gasteiger partial charge in [-0.25, -0.2) is 17.6 Å². The van der Waals surface area contributed by atoms with Crippen LogP contribution in [0.25, 0.3) is 0 Å². The van der Waals surface area contributed by atoms with Gasteiger partial charge in [-0.05, 0) is 54.6 Å². The molecule has 3 aromatic carbocycles. The molecule has 1 amide bonds. The molecule has 0 aliphatic heterocycles. The quantitative estimate of drug-likeness (QED) is 0.562. The first-order chi connectivity index (χ1) is 14.3. The lowest BCUT2D eigenvalue weighted by molar-refractivity contribution is -0.119. The van der Waals surface area contributed by atoms with Gasteiger partial charge in [0.1, 0.15) is 5.82 Å². The number of esters is 1. The van der Waals surface area contributed by atoms with Crippen LogP contribution in [0, 0.1) is 5.82 Å². The summed E-state index contributed by atoms with van der Waals surface area (Å²) >= 11 is 0. The Morgan fingerprint density at radius 3 is 2.27 bits per heavy atom. The summed E-state index contributed by atoms with van der Waals surface area (Å²) in [5.74, 6) is -1.88. The molecule has 0 spiro atoms. The minimum absolute atomic E-state index is 0.0375. The van der Waals surface area contributed by atoms with Crippen molar-refractivity contribution < 1.29 is 27.1 Å². The normalized spacial score (nSPS) is 10.8. The molecule has 0 atom stereocenters. The van der Waals surface area contributed by atoms with Gasteiger partial charge < -0.3 is 10.1 Å². The van der Waals surface area contributed by atoms with Gasteiger partial charge >= 0.3 is 5.97 Å². The van der Waals surface area contributed by atoms with Crippen LogP contribution in [0.3, 0.4) is 0 Å². The Morgan fingerprint density at radius 1 is 0.867 bits per heavy atom. The first-order valence-electron chi connectivity index (χ1n) is 8.74. The van der Waals surface area contributed by atoms with Crippen molar-refractivity contribution in [1.29, 1.82) is 0 Å². The number of carbonyl (C=O) groups excluding carboxylic acids is 2. The van der Waals surface area contributed by atoms with E-state index in [1.165, 1.54) is 30.3 Å². The van der Waals surface area contributed by atoms with Crippen LogP contribution >= 0.6 is 0 Å². The van der Waals surface area contributed by atoms with Gasteiger partial charge in [-0.3, -0.25) is 9.52 Å². The predicted octanol–water partition coefficient (Wildman–Crippen LogP) is 3.42. The second-order valence-electron chi connectivity index (χ2n) is 6.13. The number of para-hydroxylation sites is 1. The molecule has 0 aliphatic carbocycles.